The Labute approximate surface area is 188 Å². The molecule has 0 aromatic heterocycles. The van der Waals surface area contributed by atoms with Crippen molar-refractivity contribution in [1.29, 1.82) is 0 Å². The van der Waals surface area contributed by atoms with Gasteiger partial charge in [-0.1, -0.05) is 23.8 Å². The lowest BCUT2D eigenvalue weighted by Gasteiger charge is -2.21. The fourth-order valence-electron chi connectivity index (χ4n) is 2.66. The number of hydrogen-bond donors (Lipinski definition) is 2. The minimum absolute atomic E-state index is 0. The third kappa shape index (κ3) is 7.46. The van der Waals surface area contributed by atoms with Gasteiger partial charge in [0.25, 0.3) is 0 Å². The van der Waals surface area contributed by atoms with Crippen molar-refractivity contribution in [2.45, 2.75) is 19.4 Å². The van der Waals surface area contributed by atoms with Gasteiger partial charge in [-0.3, -0.25) is 4.79 Å². The van der Waals surface area contributed by atoms with Crippen molar-refractivity contribution in [1.82, 2.24) is 15.5 Å². The van der Waals surface area contributed by atoms with E-state index >= 15 is 0 Å². The number of carbonyl (C=O) groups excluding carboxylic acids is 1. The van der Waals surface area contributed by atoms with Crippen molar-refractivity contribution in [2.75, 3.05) is 45.2 Å². The number of nitrogens with zero attached hydrogens (tertiary/aromatic N) is 3. The number of likely N-dealkylation sites (N-methyl/N-ethyl adjacent to an activating group) is 1. The molecule has 0 aliphatic carbocycles. The molecular weight excluding hydrogens is 496 g/mol. The highest BCUT2D eigenvalue weighted by Crippen LogP contribution is 2.25. The number of anilines is 1. The Hall–Kier alpha value is -1.55. The van der Waals surface area contributed by atoms with E-state index in [4.69, 9.17) is 11.6 Å². The van der Waals surface area contributed by atoms with Gasteiger partial charge in [0.1, 0.15) is 12.4 Å². The number of halogens is 3. The van der Waals surface area contributed by atoms with E-state index in [1.807, 2.05) is 13.0 Å². The second-order valence-corrected chi connectivity index (χ2v) is 7.35. The summed E-state index contributed by atoms with van der Waals surface area (Å²) in [7, 11) is 3.40. The molecule has 1 amide bonds. The minimum atomic E-state index is -0.418. The van der Waals surface area contributed by atoms with Gasteiger partial charge in [0, 0.05) is 45.5 Å². The summed E-state index contributed by atoms with van der Waals surface area (Å²) in [5.74, 6) is 0.0802. The van der Waals surface area contributed by atoms with Crippen LogP contribution in [0.2, 0.25) is 5.02 Å². The quantitative estimate of drug-likeness (QED) is 0.261. The summed E-state index contributed by atoms with van der Waals surface area (Å²) in [4.78, 5) is 19.8. The Morgan fingerprint density at radius 1 is 1.46 bits per heavy atom. The van der Waals surface area contributed by atoms with Crippen LogP contribution in [-0.4, -0.2) is 63.1 Å². The van der Waals surface area contributed by atoms with Crippen LogP contribution in [0.25, 0.3) is 0 Å². The van der Waals surface area contributed by atoms with E-state index in [1.54, 1.807) is 20.2 Å². The van der Waals surface area contributed by atoms with Gasteiger partial charge in [0.15, 0.2) is 5.96 Å². The number of benzene rings is 1. The fourth-order valence-corrected chi connectivity index (χ4v) is 2.78. The van der Waals surface area contributed by atoms with Gasteiger partial charge in [-0.2, -0.15) is 0 Å². The molecule has 0 radical (unpaired) electrons. The van der Waals surface area contributed by atoms with Crippen LogP contribution < -0.4 is 15.5 Å². The van der Waals surface area contributed by atoms with Crippen molar-refractivity contribution in [2.24, 2.45) is 4.99 Å². The van der Waals surface area contributed by atoms with Crippen LogP contribution in [0.3, 0.4) is 0 Å². The van der Waals surface area contributed by atoms with Crippen LogP contribution in [0, 0.1) is 5.82 Å². The Bertz CT molecular complexity index is 728. The Morgan fingerprint density at radius 2 is 2.18 bits per heavy atom. The van der Waals surface area contributed by atoms with Crippen molar-refractivity contribution in [3.8, 4) is 0 Å². The molecule has 0 bridgehead atoms. The first kappa shape index (κ1) is 24.5. The van der Waals surface area contributed by atoms with Crippen molar-refractivity contribution in [3.05, 3.63) is 41.2 Å². The first-order chi connectivity index (χ1) is 12.8. The topological polar surface area (TPSA) is 60.0 Å². The molecule has 1 aliphatic rings. The standard InChI is InChI=1S/C19H27ClFN5O.HI/c1-13(2)10-22-19(23-11-18(27)25(3)4)24-14-7-8-26(12-14)15-5-6-16(20)17(21)9-15;/h5-6,9,14H,1,7-8,10-12H2,2-4H3,(H2,22,23,24);1H. The largest absolute Gasteiger partial charge is 0.369 e. The summed E-state index contributed by atoms with van der Waals surface area (Å²) in [6, 6.07) is 4.97. The molecule has 156 valence electrons. The second-order valence-electron chi connectivity index (χ2n) is 6.94. The minimum Gasteiger partial charge on any atom is -0.369 e. The Kier molecular flexibility index (Phi) is 10.0. The lowest BCUT2D eigenvalue weighted by molar-refractivity contribution is -0.127. The molecule has 0 spiro atoms. The van der Waals surface area contributed by atoms with Gasteiger partial charge < -0.3 is 20.4 Å². The molecular formula is C19H28ClFIN5O. The van der Waals surface area contributed by atoms with Crippen molar-refractivity contribution >= 4 is 53.1 Å². The summed E-state index contributed by atoms with van der Waals surface area (Å²) in [5, 5.41) is 6.66. The Morgan fingerprint density at radius 3 is 2.79 bits per heavy atom. The molecule has 28 heavy (non-hydrogen) atoms. The smallest absolute Gasteiger partial charge is 0.243 e. The molecule has 1 aromatic carbocycles. The maximum atomic E-state index is 13.7. The summed E-state index contributed by atoms with van der Waals surface area (Å²) < 4.78 is 13.7. The van der Waals surface area contributed by atoms with Crippen molar-refractivity contribution < 1.29 is 9.18 Å². The maximum absolute atomic E-state index is 13.7. The predicted molar refractivity (Wildman–Crippen MR) is 124 cm³/mol. The zero-order valence-corrected chi connectivity index (χ0v) is 19.6. The summed E-state index contributed by atoms with van der Waals surface area (Å²) in [6.45, 7) is 7.93. The fraction of sp³-hybridized carbons (Fsp3) is 0.474. The van der Waals surface area contributed by atoms with E-state index in [0.29, 0.717) is 19.0 Å². The summed E-state index contributed by atoms with van der Waals surface area (Å²) >= 11 is 5.76. The number of rotatable bonds is 6. The van der Waals surface area contributed by atoms with Gasteiger partial charge >= 0.3 is 0 Å². The first-order valence-electron chi connectivity index (χ1n) is 8.85. The molecule has 2 rings (SSSR count). The molecule has 0 saturated carbocycles. The second kappa shape index (κ2) is 11.5. The lowest BCUT2D eigenvalue weighted by atomic mass is 10.2. The lowest BCUT2D eigenvalue weighted by Crippen LogP contribution is -2.45. The van der Waals surface area contributed by atoms with Crippen LogP contribution in [0.4, 0.5) is 10.1 Å². The first-order valence-corrected chi connectivity index (χ1v) is 9.23. The predicted octanol–water partition coefficient (Wildman–Crippen LogP) is 2.88. The number of carbonyl (C=O) groups is 1. The molecule has 1 aliphatic heterocycles. The summed E-state index contributed by atoms with van der Waals surface area (Å²) in [6.07, 6.45) is 0.875. The molecule has 1 heterocycles. The number of nitrogens with one attached hydrogen (secondary N) is 2. The van der Waals surface area contributed by atoms with Gasteiger partial charge in [-0.05, 0) is 31.5 Å². The molecule has 1 aromatic rings. The van der Waals surface area contributed by atoms with E-state index in [-0.39, 0.29) is 47.5 Å². The Balaban J connectivity index is 0.00000392. The van der Waals surface area contributed by atoms with E-state index < -0.39 is 5.82 Å². The molecule has 1 fully saturated rings. The third-order valence-corrected chi connectivity index (χ3v) is 4.53. The van der Waals surface area contributed by atoms with Crippen molar-refractivity contribution in [3.63, 3.8) is 0 Å². The SMILES string of the molecule is C=C(C)CNC(=NCC(=O)N(C)C)NC1CCN(c2ccc(Cl)c(F)c2)C1.I. The van der Waals surface area contributed by atoms with Crippen LogP contribution >= 0.6 is 35.6 Å². The van der Waals surface area contributed by atoms with Gasteiger partial charge in [-0.15, -0.1) is 24.0 Å². The van der Waals surface area contributed by atoms with Crippen LogP contribution in [-0.2, 0) is 4.79 Å². The molecule has 1 atom stereocenters. The average molecular weight is 524 g/mol. The number of amides is 1. The average Bonchev–Trinajstić information content (AvgIpc) is 3.07. The zero-order valence-electron chi connectivity index (χ0n) is 16.5. The van der Waals surface area contributed by atoms with E-state index in [1.165, 1.54) is 11.0 Å². The van der Waals surface area contributed by atoms with Crippen LogP contribution in [0.15, 0.2) is 35.3 Å². The molecule has 9 heteroatoms. The zero-order chi connectivity index (χ0) is 20.0. The molecule has 1 unspecified atom stereocenters. The van der Waals surface area contributed by atoms with E-state index in [0.717, 1.165) is 24.2 Å². The normalized spacial score (nSPS) is 16.4. The van der Waals surface area contributed by atoms with Crippen LogP contribution in [0.5, 0.6) is 0 Å². The van der Waals surface area contributed by atoms with E-state index in [9.17, 15) is 9.18 Å². The molecule has 6 nitrogen and oxygen atoms in total. The van der Waals surface area contributed by atoms with E-state index in [2.05, 4.69) is 27.1 Å². The highest BCUT2D eigenvalue weighted by Gasteiger charge is 2.24. The number of hydrogen-bond acceptors (Lipinski definition) is 3. The number of guanidine groups is 1. The molecule has 2 N–H and O–H groups in total. The van der Waals surface area contributed by atoms with Gasteiger partial charge in [0.05, 0.1) is 5.02 Å². The third-order valence-electron chi connectivity index (χ3n) is 4.23. The monoisotopic (exact) mass is 523 g/mol. The highest BCUT2D eigenvalue weighted by molar-refractivity contribution is 14.0. The summed E-state index contributed by atoms with van der Waals surface area (Å²) in [5.41, 5.74) is 1.77. The highest BCUT2D eigenvalue weighted by atomic mass is 127. The van der Waals surface area contributed by atoms with Gasteiger partial charge in [-0.25, -0.2) is 9.38 Å². The molecule has 1 saturated heterocycles. The maximum Gasteiger partial charge on any atom is 0.243 e. The van der Waals surface area contributed by atoms with Crippen LogP contribution in [0.1, 0.15) is 13.3 Å². The number of aliphatic imine (C=N–C) groups is 1. The van der Waals surface area contributed by atoms with Gasteiger partial charge in [0.2, 0.25) is 5.91 Å².